The molecule has 0 aromatic heterocycles. The van der Waals surface area contributed by atoms with Crippen LogP contribution in [0, 0.1) is 0 Å². The lowest BCUT2D eigenvalue weighted by atomic mass is 10.0. The first-order valence-corrected chi connectivity index (χ1v) is 7.03. The third kappa shape index (κ3) is 5.39. The van der Waals surface area contributed by atoms with Gasteiger partial charge in [0, 0.05) is 11.3 Å². The van der Waals surface area contributed by atoms with Crippen molar-refractivity contribution in [2.24, 2.45) is 0 Å². The summed E-state index contributed by atoms with van der Waals surface area (Å²) in [6.07, 6.45) is 1.08. The summed E-state index contributed by atoms with van der Waals surface area (Å²) in [5.41, 5.74) is -0.510. The van der Waals surface area contributed by atoms with E-state index in [4.69, 9.17) is 23.6 Å². The fourth-order valence-corrected chi connectivity index (χ4v) is 2.71. The number of hydrogen-bond acceptors (Lipinski definition) is 3. The van der Waals surface area contributed by atoms with Gasteiger partial charge in [-0.3, -0.25) is 0 Å². The second-order valence-electron chi connectivity index (χ2n) is 3.95. The molecule has 0 saturated carbocycles. The maximum Gasteiger partial charge on any atom is 0.150 e. The molecule has 0 bridgehead atoms. The van der Waals surface area contributed by atoms with Crippen molar-refractivity contribution in [3.05, 3.63) is 0 Å². The average molecular weight is 262 g/mol. The van der Waals surface area contributed by atoms with Crippen LogP contribution in [0.15, 0.2) is 0 Å². The lowest BCUT2D eigenvalue weighted by Gasteiger charge is -2.27. The molecule has 0 aliphatic rings. The molecule has 0 N–H and O–H groups in total. The molecule has 0 aliphatic carbocycles. The predicted molar refractivity (Wildman–Crippen MR) is 61.2 cm³/mol. The molecule has 0 unspecified atom stereocenters. The van der Waals surface area contributed by atoms with Crippen LogP contribution in [0.25, 0.3) is 0 Å². The Balaban J connectivity index is 4.19. The molecule has 0 aliphatic heterocycles. The minimum atomic E-state index is -2.94. The monoisotopic (exact) mass is 261 g/mol. The van der Waals surface area contributed by atoms with Gasteiger partial charge in [-0.15, -0.1) is 3.94 Å². The first-order chi connectivity index (χ1) is 6.21. The van der Waals surface area contributed by atoms with Gasteiger partial charge in [-0.2, -0.15) is 0 Å². The Kier molecular flexibility index (Phi) is 5.73. The predicted octanol–water partition coefficient (Wildman–Crippen LogP) is 2.59. The molecule has 0 spiro atoms. The van der Waals surface area contributed by atoms with Crippen molar-refractivity contribution in [3.63, 3.8) is 0 Å². The summed E-state index contributed by atoms with van der Waals surface area (Å²) in [6, 6.07) is 0. The number of halogens is 2. The zero-order valence-corrected chi connectivity index (χ0v) is 11.1. The van der Waals surface area contributed by atoms with Crippen LogP contribution >= 0.6 is 23.6 Å². The molecule has 6 heteroatoms. The molecular weight excluding hydrogens is 245 g/mol. The quantitative estimate of drug-likeness (QED) is 0.690. The van der Waals surface area contributed by atoms with Crippen LogP contribution in [0.3, 0.4) is 0 Å². The highest BCUT2D eigenvalue weighted by molar-refractivity contribution is 7.91. The average Bonchev–Trinajstić information content (AvgIpc) is 2.01. The standard InChI is InChI=1S/C8H17Cl2NO2S/c1-4-6-14(12,13)7-5-8(2,3)11(9)10/h4-7H2,1-3H3. The van der Waals surface area contributed by atoms with Gasteiger partial charge in [0.15, 0.2) is 0 Å². The normalized spacial score (nSPS) is 13.6. The van der Waals surface area contributed by atoms with Gasteiger partial charge in [-0.05, 0) is 50.2 Å². The molecule has 0 rings (SSSR count). The van der Waals surface area contributed by atoms with Crippen LogP contribution in [0.4, 0.5) is 0 Å². The molecule has 14 heavy (non-hydrogen) atoms. The summed E-state index contributed by atoms with van der Waals surface area (Å²) in [4.78, 5) is 0. The summed E-state index contributed by atoms with van der Waals surface area (Å²) >= 11 is 11.2. The Morgan fingerprint density at radius 2 is 1.71 bits per heavy atom. The van der Waals surface area contributed by atoms with Gasteiger partial charge in [0.1, 0.15) is 9.84 Å². The van der Waals surface area contributed by atoms with E-state index in [-0.39, 0.29) is 11.5 Å². The SMILES string of the molecule is CCCS(=O)(=O)CCC(C)(C)N(Cl)Cl. The lowest BCUT2D eigenvalue weighted by molar-refractivity contribution is 0.341. The molecule has 0 atom stereocenters. The molecule has 0 saturated heterocycles. The third-order valence-electron chi connectivity index (χ3n) is 2.00. The second kappa shape index (κ2) is 5.54. The van der Waals surface area contributed by atoms with Crippen LogP contribution < -0.4 is 0 Å². The van der Waals surface area contributed by atoms with Gasteiger partial charge in [-0.25, -0.2) is 8.42 Å². The van der Waals surface area contributed by atoms with E-state index >= 15 is 0 Å². The molecular formula is C8H17Cl2NO2S. The third-order valence-corrected chi connectivity index (χ3v) is 4.77. The fraction of sp³-hybridized carbons (Fsp3) is 1.00. The van der Waals surface area contributed by atoms with E-state index in [2.05, 4.69) is 0 Å². The molecule has 0 aromatic rings. The van der Waals surface area contributed by atoms with Crippen molar-refractivity contribution in [2.75, 3.05) is 11.5 Å². The summed E-state index contributed by atoms with van der Waals surface area (Å²) < 4.78 is 23.8. The Hall–Kier alpha value is 0.490. The maximum atomic E-state index is 11.4. The summed E-state index contributed by atoms with van der Waals surface area (Å²) in [5, 5.41) is 0. The van der Waals surface area contributed by atoms with E-state index in [0.29, 0.717) is 12.8 Å². The summed E-state index contributed by atoms with van der Waals surface area (Å²) in [5.74, 6) is 0.359. The molecule has 86 valence electrons. The van der Waals surface area contributed by atoms with E-state index in [1.54, 1.807) is 13.8 Å². The first kappa shape index (κ1) is 14.5. The van der Waals surface area contributed by atoms with E-state index in [9.17, 15) is 8.42 Å². The smallest absolute Gasteiger partial charge is 0.150 e. The minimum Gasteiger partial charge on any atom is -0.229 e. The van der Waals surface area contributed by atoms with Gasteiger partial charge in [0.25, 0.3) is 0 Å². The molecule has 0 radical (unpaired) electrons. The van der Waals surface area contributed by atoms with Crippen molar-refractivity contribution in [2.45, 2.75) is 39.2 Å². The Morgan fingerprint density at radius 1 is 1.21 bits per heavy atom. The summed E-state index contributed by atoms with van der Waals surface area (Å²) in [7, 11) is -2.94. The minimum absolute atomic E-state index is 0.129. The van der Waals surface area contributed by atoms with Gasteiger partial charge >= 0.3 is 0 Å². The Morgan fingerprint density at radius 3 is 2.07 bits per heavy atom. The van der Waals surface area contributed by atoms with Crippen LogP contribution in [0.5, 0.6) is 0 Å². The van der Waals surface area contributed by atoms with Crippen LogP contribution in [-0.4, -0.2) is 29.4 Å². The lowest BCUT2D eigenvalue weighted by Crippen LogP contribution is -2.33. The van der Waals surface area contributed by atoms with Crippen molar-refractivity contribution < 1.29 is 8.42 Å². The van der Waals surface area contributed by atoms with E-state index in [1.807, 2.05) is 6.92 Å². The van der Waals surface area contributed by atoms with Crippen molar-refractivity contribution in [1.29, 1.82) is 0 Å². The highest BCUT2D eigenvalue weighted by Gasteiger charge is 2.26. The number of hydrogen-bond donors (Lipinski definition) is 0. The molecule has 0 aromatic carbocycles. The number of sulfone groups is 1. The van der Waals surface area contributed by atoms with Crippen LogP contribution in [-0.2, 0) is 9.84 Å². The van der Waals surface area contributed by atoms with Crippen molar-refractivity contribution in [1.82, 2.24) is 3.94 Å². The second-order valence-corrected chi connectivity index (χ2v) is 7.10. The van der Waals surface area contributed by atoms with Gasteiger partial charge in [0.2, 0.25) is 0 Å². The maximum absolute atomic E-state index is 11.4. The number of rotatable bonds is 6. The highest BCUT2D eigenvalue weighted by Crippen LogP contribution is 2.24. The van der Waals surface area contributed by atoms with Crippen LogP contribution in [0.1, 0.15) is 33.6 Å². The van der Waals surface area contributed by atoms with Gasteiger partial charge < -0.3 is 0 Å². The molecule has 3 nitrogen and oxygen atoms in total. The topological polar surface area (TPSA) is 37.4 Å². The van der Waals surface area contributed by atoms with Gasteiger partial charge in [-0.1, -0.05) is 6.92 Å². The van der Waals surface area contributed by atoms with Crippen LogP contribution in [0.2, 0.25) is 0 Å². The Bertz CT molecular complexity index is 263. The van der Waals surface area contributed by atoms with E-state index in [0.717, 1.165) is 3.94 Å². The number of nitrogens with zero attached hydrogens (tertiary/aromatic N) is 1. The zero-order chi connectivity index (χ0) is 11.4. The van der Waals surface area contributed by atoms with E-state index in [1.165, 1.54) is 0 Å². The van der Waals surface area contributed by atoms with Crippen molar-refractivity contribution in [3.8, 4) is 0 Å². The Labute approximate surface area is 96.5 Å². The summed E-state index contributed by atoms with van der Waals surface area (Å²) in [6.45, 7) is 5.45. The zero-order valence-electron chi connectivity index (χ0n) is 8.76. The largest absolute Gasteiger partial charge is 0.229 e. The molecule has 0 fully saturated rings. The van der Waals surface area contributed by atoms with Gasteiger partial charge in [0.05, 0.1) is 5.75 Å². The van der Waals surface area contributed by atoms with E-state index < -0.39 is 15.4 Å². The molecule has 0 amide bonds. The highest BCUT2D eigenvalue weighted by atomic mass is 35.5. The molecule has 0 heterocycles. The first-order valence-electron chi connectivity index (χ1n) is 4.53. The van der Waals surface area contributed by atoms with Crippen molar-refractivity contribution >= 4 is 33.4 Å². The fourth-order valence-electron chi connectivity index (χ4n) is 0.903.